The molecule has 7 nitrogen and oxygen atoms in total. The van der Waals surface area contributed by atoms with Gasteiger partial charge in [-0.25, -0.2) is 4.98 Å². The highest BCUT2D eigenvalue weighted by molar-refractivity contribution is 5.83. The Kier molecular flexibility index (Phi) is 4.51. The fourth-order valence-electron chi connectivity index (χ4n) is 2.95. The zero-order valence-corrected chi connectivity index (χ0v) is 14.6. The van der Waals surface area contributed by atoms with Crippen molar-refractivity contribution in [2.75, 3.05) is 10.6 Å². The van der Waals surface area contributed by atoms with Crippen LogP contribution in [0.4, 0.5) is 17.6 Å². The third-order valence-corrected chi connectivity index (χ3v) is 4.18. The lowest BCUT2D eigenvalue weighted by atomic mass is 10.1. The molecule has 0 spiro atoms. The maximum absolute atomic E-state index is 4.51. The minimum Gasteiger partial charge on any atom is -0.361 e. The maximum Gasteiger partial charge on any atom is 0.224 e. The van der Waals surface area contributed by atoms with Gasteiger partial charge in [0, 0.05) is 41.6 Å². The largest absolute Gasteiger partial charge is 0.361 e. The van der Waals surface area contributed by atoms with Crippen molar-refractivity contribution in [2.24, 2.45) is 0 Å². The van der Waals surface area contributed by atoms with Gasteiger partial charge in [0.25, 0.3) is 0 Å². The number of hydrogen-bond donors (Lipinski definition) is 4. The molecule has 3 aromatic heterocycles. The number of anilines is 3. The first-order valence-electron chi connectivity index (χ1n) is 8.75. The van der Waals surface area contributed by atoms with Crippen LogP contribution in [-0.2, 0) is 13.0 Å². The standard InChI is InChI=1S/C19H21N7/c1-2-4-14-11-18(26-25-14)23-17-8-10-21-19(24-17)22-12-13-5-3-6-16-15(13)7-9-20-16/h3,5-11,20H,2,4,12H2,1H3,(H3,21,22,23,24,25,26). The van der Waals surface area contributed by atoms with Crippen molar-refractivity contribution in [3.8, 4) is 0 Å². The molecule has 0 aliphatic heterocycles. The summed E-state index contributed by atoms with van der Waals surface area (Å²) < 4.78 is 0. The van der Waals surface area contributed by atoms with Gasteiger partial charge in [-0.05, 0) is 30.2 Å². The smallest absolute Gasteiger partial charge is 0.224 e. The minimum atomic E-state index is 0.576. The zero-order valence-electron chi connectivity index (χ0n) is 14.6. The topological polar surface area (TPSA) is 94.3 Å². The van der Waals surface area contributed by atoms with Gasteiger partial charge in [0.1, 0.15) is 5.82 Å². The van der Waals surface area contributed by atoms with Crippen molar-refractivity contribution in [3.63, 3.8) is 0 Å². The first-order valence-corrected chi connectivity index (χ1v) is 8.75. The fraction of sp³-hybridized carbons (Fsp3) is 0.211. The third kappa shape index (κ3) is 3.51. The van der Waals surface area contributed by atoms with Crippen LogP contribution in [0.25, 0.3) is 10.9 Å². The highest BCUT2D eigenvalue weighted by atomic mass is 15.2. The van der Waals surface area contributed by atoms with Crippen molar-refractivity contribution < 1.29 is 0 Å². The molecule has 0 fully saturated rings. The van der Waals surface area contributed by atoms with Crippen LogP contribution in [0.3, 0.4) is 0 Å². The second-order valence-electron chi connectivity index (χ2n) is 6.13. The number of aryl methyl sites for hydroxylation is 1. The lowest BCUT2D eigenvalue weighted by Gasteiger charge is -2.08. The van der Waals surface area contributed by atoms with Crippen molar-refractivity contribution in [3.05, 3.63) is 60.0 Å². The Morgan fingerprint density at radius 1 is 1.12 bits per heavy atom. The van der Waals surface area contributed by atoms with Crippen LogP contribution in [-0.4, -0.2) is 25.1 Å². The minimum absolute atomic E-state index is 0.576. The van der Waals surface area contributed by atoms with Crippen LogP contribution >= 0.6 is 0 Å². The maximum atomic E-state index is 4.51. The first-order chi connectivity index (χ1) is 12.8. The number of nitrogens with one attached hydrogen (secondary N) is 4. The van der Waals surface area contributed by atoms with E-state index in [1.807, 2.05) is 24.4 Å². The van der Waals surface area contributed by atoms with E-state index in [9.17, 15) is 0 Å². The summed E-state index contributed by atoms with van der Waals surface area (Å²) in [7, 11) is 0. The van der Waals surface area contributed by atoms with Gasteiger partial charge in [-0.2, -0.15) is 10.1 Å². The van der Waals surface area contributed by atoms with Gasteiger partial charge in [-0.3, -0.25) is 5.10 Å². The number of fused-ring (bicyclic) bond motifs is 1. The molecule has 4 rings (SSSR count). The van der Waals surface area contributed by atoms with Gasteiger partial charge in [0.05, 0.1) is 0 Å². The molecule has 3 heterocycles. The quantitative estimate of drug-likeness (QED) is 0.405. The van der Waals surface area contributed by atoms with E-state index < -0.39 is 0 Å². The van der Waals surface area contributed by atoms with Crippen molar-refractivity contribution in [1.82, 2.24) is 25.1 Å². The third-order valence-electron chi connectivity index (χ3n) is 4.18. The molecule has 0 saturated heterocycles. The van der Waals surface area contributed by atoms with Crippen LogP contribution in [0.1, 0.15) is 24.6 Å². The second-order valence-corrected chi connectivity index (χ2v) is 6.13. The lowest BCUT2D eigenvalue weighted by molar-refractivity contribution is 0.867. The molecule has 0 atom stereocenters. The second kappa shape index (κ2) is 7.26. The number of aromatic amines is 2. The molecule has 0 radical (unpaired) electrons. The molecule has 26 heavy (non-hydrogen) atoms. The average molecular weight is 347 g/mol. The lowest BCUT2D eigenvalue weighted by Crippen LogP contribution is -2.05. The summed E-state index contributed by atoms with van der Waals surface area (Å²) in [5.41, 5.74) is 3.44. The predicted molar refractivity (Wildman–Crippen MR) is 104 cm³/mol. The van der Waals surface area contributed by atoms with E-state index in [0.717, 1.165) is 29.9 Å². The SMILES string of the molecule is CCCc1cc(Nc2ccnc(NCc3cccc4[nH]ccc34)n2)n[nH]1. The number of H-pyrrole nitrogens is 2. The molecule has 7 heteroatoms. The van der Waals surface area contributed by atoms with Gasteiger partial charge >= 0.3 is 0 Å². The molecule has 0 aliphatic rings. The fourth-order valence-corrected chi connectivity index (χ4v) is 2.95. The predicted octanol–water partition coefficient (Wildman–Crippen LogP) is 3.99. The molecule has 132 valence electrons. The van der Waals surface area contributed by atoms with Crippen molar-refractivity contribution in [1.29, 1.82) is 0 Å². The molecule has 0 amide bonds. The van der Waals surface area contributed by atoms with Crippen molar-refractivity contribution >= 4 is 28.5 Å². The van der Waals surface area contributed by atoms with Crippen LogP contribution in [0.15, 0.2) is 48.8 Å². The van der Waals surface area contributed by atoms with E-state index in [2.05, 4.69) is 60.9 Å². The molecular formula is C19H21N7. The van der Waals surface area contributed by atoms with Gasteiger partial charge in [0.2, 0.25) is 5.95 Å². The summed E-state index contributed by atoms with van der Waals surface area (Å²) in [6.45, 7) is 2.80. The van der Waals surface area contributed by atoms with E-state index >= 15 is 0 Å². The highest BCUT2D eigenvalue weighted by Gasteiger charge is 2.05. The van der Waals surface area contributed by atoms with Crippen molar-refractivity contribution in [2.45, 2.75) is 26.3 Å². The molecule has 0 unspecified atom stereocenters. The molecule has 0 bridgehead atoms. The summed E-state index contributed by atoms with van der Waals surface area (Å²) in [5.74, 6) is 2.04. The number of benzene rings is 1. The average Bonchev–Trinajstić information content (AvgIpc) is 3.30. The monoisotopic (exact) mass is 347 g/mol. The molecule has 0 aliphatic carbocycles. The Morgan fingerprint density at radius 3 is 3.00 bits per heavy atom. The van der Waals surface area contributed by atoms with Crippen LogP contribution < -0.4 is 10.6 Å². The van der Waals surface area contributed by atoms with E-state index in [-0.39, 0.29) is 0 Å². The summed E-state index contributed by atoms with van der Waals surface area (Å²) in [6, 6.07) is 12.1. The number of rotatable bonds is 7. The molecule has 1 aromatic carbocycles. The summed E-state index contributed by atoms with van der Waals surface area (Å²) in [6.07, 6.45) is 5.74. The zero-order chi connectivity index (χ0) is 17.8. The van der Waals surface area contributed by atoms with E-state index in [1.165, 1.54) is 10.9 Å². The van der Waals surface area contributed by atoms with E-state index in [4.69, 9.17) is 0 Å². The van der Waals surface area contributed by atoms with Crippen LogP contribution in [0, 0.1) is 0 Å². The van der Waals surface area contributed by atoms with Gasteiger partial charge < -0.3 is 15.6 Å². The first kappa shape index (κ1) is 16.1. The van der Waals surface area contributed by atoms with E-state index in [0.29, 0.717) is 18.3 Å². The number of aromatic nitrogens is 5. The summed E-state index contributed by atoms with van der Waals surface area (Å²) in [4.78, 5) is 12.0. The Balaban J connectivity index is 1.44. The molecule has 4 N–H and O–H groups in total. The molecule has 4 aromatic rings. The normalized spacial score (nSPS) is 11.0. The van der Waals surface area contributed by atoms with Crippen LogP contribution in [0.5, 0.6) is 0 Å². The highest BCUT2D eigenvalue weighted by Crippen LogP contribution is 2.19. The Morgan fingerprint density at radius 2 is 2.08 bits per heavy atom. The molecular weight excluding hydrogens is 326 g/mol. The van der Waals surface area contributed by atoms with E-state index in [1.54, 1.807) is 6.20 Å². The Hall–Kier alpha value is -3.35. The Labute approximate surface area is 151 Å². The Bertz CT molecular complexity index is 1000. The summed E-state index contributed by atoms with van der Waals surface area (Å²) in [5, 5.41) is 15.0. The van der Waals surface area contributed by atoms with Gasteiger partial charge in [-0.15, -0.1) is 0 Å². The van der Waals surface area contributed by atoms with Gasteiger partial charge in [-0.1, -0.05) is 25.5 Å². The summed E-state index contributed by atoms with van der Waals surface area (Å²) >= 11 is 0. The molecule has 0 saturated carbocycles. The van der Waals surface area contributed by atoms with Crippen LogP contribution in [0.2, 0.25) is 0 Å². The number of nitrogens with zero attached hydrogens (tertiary/aromatic N) is 3. The van der Waals surface area contributed by atoms with Gasteiger partial charge in [0.15, 0.2) is 5.82 Å². The number of hydrogen-bond acceptors (Lipinski definition) is 5.